The van der Waals surface area contributed by atoms with Gasteiger partial charge >= 0.3 is 5.97 Å². The molecule has 0 saturated carbocycles. The molecular weight excluding hydrogens is 256 g/mol. The molecule has 0 aliphatic rings. The van der Waals surface area contributed by atoms with Crippen molar-refractivity contribution < 1.29 is 9.53 Å². The lowest BCUT2D eigenvalue weighted by Gasteiger charge is -2.08. The molecule has 6 heteroatoms. The molecule has 106 valence electrons. The standard InChI is InChI=1S/C14H18N4O2/c1-4-10-17-12(14(19)20-5-2)13(15)18(10)11-8-9(3)6-7-16-11/h6-8H,4-5,15H2,1-3H3. The molecule has 0 spiro atoms. The zero-order chi connectivity index (χ0) is 14.7. The Hall–Kier alpha value is -2.37. The van der Waals surface area contributed by atoms with E-state index in [1.807, 2.05) is 26.0 Å². The molecule has 0 amide bonds. The maximum Gasteiger partial charge on any atom is 0.360 e. The van der Waals surface area contributed by atoms with E-state index in [0.717, 1.165) is 5.56 Å². The number of aryl methyl sites for hydroxylation is 2. The monoisotopic (exact) mass is 274 g/mol. The largest absolute Gasteiger partial charge is 0.461 e. The third-order valence-electron chi connectivity index (χ3n) is 2.90. The van der Waals surface area contributed by atoms with Gasteiger partial charge < -0.3 is 10.5 Å². The van der Waals surface area contributed by atoms with Crippen molar-refractivity contribution >= 4 is 11.8 Å². The maximum atomic E-state index is 11.8. The fourth-order valence-electron chi connectivity index (χ4n) is 1.97. The number of nitrogen functional groups attached to an aromatic ring is 1. The summed E-state index contributed by atoms with van der Waals surface area (Å²) >= 11 is 0. The molecule has 0 aromatic carbocycles. The van der Waals surface area contributed by atoms with Gasteiger partial charge in [0.25, 0.3) is 0 Å². The fourth-order valence-corrected chi connectivity index (χ4v) is 1.97. The average molecular weight is 274 g/mol. The van der Waals surface area contributed by atoms with Crippen molar-refractivity contribution in [3.63, 3.8) is 0 Å². The number of aromatic nitrogens is 3. The molecule has 6 nitrogen and oxygen atoms in total. The minimum Gasteiger partial charge on any atom is -0.461 e. The predicted molar refractivity (Wildman–Crippen MR) is 75.8 cm³/mol. The smallest absolute Gasteiger partial charge is 0.360 e. The molecule has 0 aliphatic heterocycles. The second-order valence-electron chi connectivity index (χ2n) is 4.36. The zero-order valence-electron chi connectivity index (χ0n) is 11.9. The van der Waals surface area contributed by atoms with Crippen LogP contribution < -0.4 is 5.73 Å². The molecule has 2 N–H and O–H groups in total. The molecule has 2 heterocycles. The third-order valence-corrected chi connectivity index (χ3v) is 2.90. The van der Waals surface area contributed by atoms with Crippen LogP contribution in [-0.2, 0) is 11.2 Å². The van der Waals surface area contributed by atoms with Gasteiger partial charge in [0.15, 0.2) is 5.69 Å². The van der Waals surface area contributed by atoms with E-state index in [0.29, 0.717) is 18.1 Å². The Morgan fingerprint density at radius 1 is 1.45 bits per heavy atom. The van der Waals surface area contributed by atoms with Crippen LogP contribution in [0.2, 0.25) is 0 Å². The van der Waals surface area contributed by atoms with Gasteiger partial charge in [0.1, 0.15) is 17.5 Å². The number of ether oxygens (including phenoxy) is 1. The second kappa shape index (κ2) is 5.73. The first-order chi connectivity index (χ1) is 9.58. The van der Waals surface area contributed by atoms with Crippen LogP contribution in [0.4, 0.5) is 5.82 Å². The van der Waals surface area contributed by atoms with Crippen LogP contribution >= 0.6 is 0 Å². The number of anilines is 1. The van der Waals surface area contributed by atoms with Crippen LogP contribution in [0.5, 0.6) is 0 Å². The summed E-state index contributed by atoms with van der Waals surface area (Å²) in [5, 5.41) is 0. The van der Waals surface area contributed by atoms with Crippen LogP contribution in [-0.4, -0.2) is 27.1 Å². The molecule has 0 bridgehead atoms. The summed E-state index contributed by atoms with van der Waals surface area (Å²) in [6.45, 7) is 5.95. The van der Waals surface area contributed by atoms with Crippen molar-refractivity contribution in [2.45, 2.75) is 27.2 Å². The van der Waals surface area contributed by atoms with Crippen molar-refractivity contribution in [1.82, 2.24) is 14.5 Å². The van der Waals surface area contributed by atoms with Crippen molar-refractivity contribution in [3.05, 3.63) is 35.4 Å². The summed E-state index contributed by atoms with van der Waals surface area (Å²) in [4.78, 5) is 20.4. The Kier molecular flexibility index (Phi) is 4.02. The Morgan fingerprint density at radius 3 is 2.80 bits per heavy atom. The van der Waals surface area contributed by atoms with Crippen LogP contribution in [0.25, 0.3) is 5.82 Å². The lowest BCUT2D eigenvalue weighted by atomic mass is 10.3. The molecule has 0 aliphatic carbocycles. The minimum atomic E-state index is -0.508. The number of nitrogens with two attached hydrogens (primary N) is 1. The van der Waals surface area contributed by atoms with Crippen LogP contribution in [0.1, 0.15) is 35.7 Å². The number of imidazole rings is 1. The number of nitrogens with zero attached hydrogens (tertiary/aromatic N) is 3. The van der Waals surface area contributed by atoms with Gasteiger partial charge in [0, 0.05) is 12.6 Å². The summed E-state index contributed by atoms with van der Waals surface area (Å²) < 4.78 is 6.66. The maximum absolute atomic E-state index is 11.8. The quantitative estimate of drug-likeness (QED) is 0.861. The summed E-state index contributed by atoms with van der Waals surface area (Å²) in [5.41, 5.74) is 7.26. The molecule has 0 unspecified atom stereocenters. The molecule has 2 aromatic heterocycles. The summed E-state index contributed by atoms with van der Waals surface area (Å²) in [7, 11) is 0. The molecule has 2 rings (SSSR count). The average Bonchev–Trinajstić information content (AvgIpc) is 2.76. The van der Waals surface area contributed by atoms with E-state index in [1.54, 1.807) is 17.7 Å². The van der Waals surface area contributed by atoms with E-state index < -0.39 is 5.97 Å². The van der Waals surface area contributed by atoms with E-state index in [9.17, 15) is 4.79 Å². The molecular formula is C14H18N4O2. The number of carbonyl (C=O) groups excluding carboxylic acids is 1. The normalized spacial score (nSPS) is 10.6. The SMILES string of the molecule is CCOC(=O)c1nc(CC)n(-c2cc(C)ccn2)c1N. The van der Waals surface area contributed by atoms with Gasteiger partial charge in [0.2, 0.25) is 0 Å². The van der Waals surface area contributed by atoms with Crippen molar-refractivity contribution in [2.75, 3.05) is 12.3 Å². The second-order valence-corrected chi connectivity index (χ2v) is 4.36. The van der Waals surface area contributed by atoms with Gasteiger partial charge in [-0.1, -0.05) is 6.92 Å². The third kappa shape index (κ3) is 2.49. The highest BCUT2D eigenvalue weighted by Crippen LogP contribution is 2.21. The van der Waals surface area contributed by atoms with Gasteiger partial charge in [-0.3, -0.25) is 4.57 Å². The van der Waals surface area contributed by atoms with E-state index >= 15 is 0 Å². The summed E-state index contributed by atoms with van der Waals surface area (Å²) in [6.07, 6.45) is 2.34. The number of hydrogen-bond acceptors (Lipinski definition) is 5. The van der Waals surface area contributed by atoms with Crippen molar-refractivity contribution in [1.29, 1.82) is 0 Å². The Balaban J connectivity index is 2.55. The van der Waals surface area contributed by atoms with E-state index in [-0.39, 0.29) is 18.1 Å². The number of pyridine rings is 1. The van der Waals surface area contributed by atoms with E-state index in [1.165, 1.54) is 0 Å². The zero-order valence-corrected chi connectivity index (χ0v) is 11.9. The number of rotatable bonds is 4. The van der Waals surface area contributed by atoms with Crippen LogP contribution in [0.3, 0.4) is 0 Å². The van der Waals surface area contributed by atoms with Gasteiger partial charge in [0.05, 0.1) is 6.61 Å². The van der Waals surface area contributed by atoms with Crippen LogP contribution in [0, 0.1) is 6.92 Å². The Morgan fingerprint density at radius 2 is 2.20 bits per heavy atom. The molecule has 0 fully saturated rings. The van der Waals surface area contributed by atoms with Gasteiger partial charge in [-0.05, 0) is 31.5 Å². The van der Waals surface area contributed by atoms with E-state index in [2.05, 4.69) is 9.97 Å². The lowest BCUT2D eigenvalue weighted by Crippen LogP contribution is -2.10. The molecule has 0 radical (unpaired) electrons. The summed E-state index contributed by atoms with van der Waals surface area (Å²) in [6, 6.07) is 3.79. The predicted octanol–water partition coefficient (Wildman–Crippen LogP) is 1.90. The summed E-state index contributed by atoms with van der Waals surface area (Å²) in [5.74, 6) is 1.09. The highest BCUT2D eigenvalue weighted by atomic mass is 16.5. The first-order valence-electron chi connectivity index (χ1n) is 6.55. The van der Waals surface area contributed by atoms with E-state index in [4.69, 9.17) is 10.5 Å². The molecule has 20 heavy (non-hydrogen) atoms. The Labute approximate surface area is 117 Å². The first-order valence-corrected chi connectivity index (χ1v) is 6.55. The molecule has 2 aromatic rings. The molecule has 0 atom stereocenters. The van der Waals surface area contributed by atoms with Crippen molar-refractivity contribution in [3.8, 4) is 5.82 Å². The van der Waals surface area contributed by atoms with Gasteiger partial charge in [-0.15, -0.1) is 0 Å². The van der Waals surface area contributed by atoms with Crippen molar-refractivity contribution in [2.24, 2.45) is 0 Å². The lowest BCUT2D eigenvalue weighted by molar-refractivity contribution is 0.0521. The minimum absolute atomic E-state index is 0.145. The highest BCUT2D eigenvalue weighted by molar-refractivity contribution is 5.92. The topological polar surface area (TPSA) is 83.0 Å². The van der Waals surface area contributed by atoms with Crippen LogP contribution in [0.15, 0.2) is 18.3 Å². The first kappa shape index (κ1) is 14.0. The molecule has 0 saturated heterocycles. The van der Waals surface area contributed by atoms with Gasteiger partial charge in [-0.25, -0.2) is 14.8 Å². The Bertz CT molecular complexity index is 634. The number of carbonyl (C=O) groups is 1. The number of esters is 1. The fraction of sp³-hybridized carbons (Fsp3) is 0.357. The number of hydrogen-bond donors (Lipinski definition) is 1. The highest BCUT2D eigenvalue weighted by Gasteiger charge is 2.22. The van der Waals surface area contributed by atoms with Gasteiger partial charge in [-0.2, -0.15) is 0 Å².